The lowest BCUT2D eigenvalue weighted by Gasteiger charge is -2.25. The molecule has 0 bridgehead atoms. The number of carbonyl (C=O) groups excluding carboxylic acids is 5. The van der Waals surface area contributed by atoms with Crippen molar-refractivity contribution >= 4 is 29.5 Å². The third-order valence-electron chi connectivity index (χ3n) is 5.12. The predicted molar refractivity (Wildman–Crippen MR) is 98.3 cm³/mol. The Balaban J connectivity index is 1.82. The van der Waals surface area contributed by atoms with Crippen LogP contribution in [0, 0.1) is 0 Å². The van der Waals surface area contributed by atoms with E-state index in [9.17, 15) is 24.0 Å². The van der Waals surface area contributed by atoms with Crippen molar-refractivity contribution < 1.29 is 24.0 Å². The molecule has 0 unspecified atom stereocenters. The van der Waals surface area contributed by atoms with Crippen LogP contribution in [-0.2, 0) is 24.0 Å². The van der Waals surface area contributed by atoms with Crippen molar-refractivity contribution in [1.82, 2.24) is 20.4 Å². The number of primary amides is 1. The van der Waals surface area contributed by atoms with Crippen LogP contribution >= 0.6 is 0 Å². The summed E-state index contributed by atoms with van der Waals surface area (Å²) < 4.78 is 0. The second-order valence-corrected chi connectivity index (χ2v) is 7.04. The maximum Gasteiger partial charge on any atom is 0.243 e. The van der Waals surface area contributed by atoms with Crippen LogP contribution < -0.4 is 22.1 Å². The molecule has 0 radical (unpaired) electrons. The van der Waals surface area contributed by atoms with E-state index in [1.807, 2.05) is 0 Å². The van der Waals surface area contributed by atoms with Gasteiger partial charge < -0.3 is 31.9 Å². The molecule has 2 rings (SSSR count). The third-order valence-corrected chi connectivity index (χ3v) is 5.12. The molecule has 28 heavy (non-hydrogen) atoms. The highest BCUT2D eigenvalue weighted by molar-refractivity contribution is 5.94. The highest BCUT2D eigenvalue weighted by atomic mass is 16.2. The van der Waals surface area contributed by atoms with Gasteiger partial charge in [-0.15, -0.1) is 0 Å². The lowest BCUT2D eigenvalue weighted by atomic mass is 10.2. The van der Waals surface area contributed by atoms with Crippen LogP contribution in [-0.4, -0.2) is 83.6 Å². The zero-order valence-corrected chi connectivity index (χ0v) is 16.0. The summed E-state index contributed by atoms with van der Waals surface area (Å²) >= 11 is 0. The van der Waals surface area contributed by atoms with Gasteiger partial charge in [0.1, 0.15) is 18.1 Å². The van der Waals surface area contributed by atoms with Crippen molar-refractivity contribution in [2.75, 3.05) is 26.2 Å². The van der Waals surface area contributed by atoms with Crippen molar-refractivity contribution in [2.24, 2.45) is 11.5 Å². The number of likely N-dealkylation sites (tertiary alicyclic amines) is 2. The van der Waals surface area contributed by atoms with Crippen molar-refractivity contribution in [3.05, 3.63) is 0 Å². The first-order valence-electron chi connectivity index (χ1n) is 9.42. The molecule has 2 saturated heterocycles. The van der Waals surface area contributed by atoms with E-state index in [0.29, 0.717) is 38.8 Å². The van der Waals surface area contributed by atoms with Gasteiger partial charge >= 0.3 is 0 Å². The first-order valence-corrected chi connectivity index (χ1v) is 9.42. The molecule has 5 amide bonds. The normalized spacial score (nSPS) is 22.6. The van der Waals surface area contributed by atoms with Gasteiger partial charge in [-0.2, -0.15) is 0 Å². The molecule has 2 fully saturated rings. The standard InChI is InChI=1S/C17H28N6O5/c1-10(21-17(28)12-5-3-7-23(12)13(24)8-18)16(27)20-9-14(25)22-6-2-4-11(22)15(19)26/h10-12H,2-9,18H2,1H3,(H2,19,26)(H,20,27)(H,21,28)/t10-,11-,12-/m0/s1. The van der Waals surface area contributed by atoms with Crippen molar-refractivity contribution in [3.63, 3.8) is 0 Å². The van der Waals surface area contributed by atoms with E-state index >= 15 is 0 Å². The Kier molecular flexibility index (Phi) is 7.32. The molecule has 11 heteroatoms. The maximum atomic E-state index is 12.4. The Morgan fingerprint density at radius 1 is 1.00 bits per heavy atom. The summed E-state index contributed by atoms with van der Waals surface area (Å²) in [6.45, 7) is 1.90. The van der Waals surface area contributed by atoms with E-state index in [-0.39, 0.29) is 19.0 Å². The minimum atomic E-state index is -0.888. The zero-order valence-electron chi connectivity index (χ0n) is 16.0. The summed E-state index contributed by atoms with van der Waals surface area (Å²) in [7, 11) is 0. The van der Waals surface area contributed by atoms with Crippen LogP contribution in [0.5, 0.6) is 0 Å². The zero-order chi connectivity index (χ0) is 20.8. The largest absolute Gasteiger partial charge is 0.368 e. The molecule has 0 aliphatic carbocycles. The number of amides is 5. The molecule has 11 nitrogen and oxygen atoms in total. The SMILES string of the molecule is C[C@H](NC(=O)[C@@H]1CCCN1C(=O)CN)C(=O)NCC(=O)N1CCC[C@H]1C(N)=O. The summed E-state index contributed by atoms with van der Waals surface area (Å²) in [4.78, 5) is 62.8. The van der Waals surface area contributed by atoms with Crippen molar-refractivity contribution in [2.45, 2.75) is 50.7 Å². The highest BCUT2D eigenvalue weighted by Crippen LogP contribution is 2.18. The number of hydrogen-bond acceptors (Lipinski definition) is 6. The van der Waals surface area contributed by atoms with E-state index in [4.69, 9.17) is 11.5 Å². The van der Waals surface area contributed by atoms with Crippen LogP contribution in [0.2, 0.25) is 0 Å². The summed E-state index contributed by atoms with van der Waals surface area (Å²) in [5.74, 6) is -2.24. The molecule has 0 aromatic rings. The highest BCUT2D eigenvalue weighted by Gasteiger charge is 2.35. The van der Waals surface area contributed by atoms with Gasteiger partial charge in [0.15, 0.2) is 0 Å². The summed E-state index contributed by atoms with van der Waals surface area (Å²) in [5.41, 5.74) is 10.6. The van der Waals surface area contributed by atoms with Gasteiger partial charge in [0, 0.05) is 13.1 Å². The minimum absolute atomic E-state index is 0.176. The van der Waals surface area contributed by atoms with E-state index in [2.05, 4.69) is 10.6 Å². The lowest BCUT2D eigenvalue weighted by molar-refractivity contribution is -0.139. The van der Waals surface area contributed by atoms with Gasteiger partial charge in [0.25, 0.3) is 0 Å². The molecule has 0 aromatic heterocycles. The number of rotatable bonds is 7. The van der Waals surface area contributed by atoms with Gasteiger partial charge in [0.2, 0.25) is 29.5 Å². The van der Waals surface area contributed by atoms with Crippen LogP contribution in [0.25, 0.3) is 0 Å². The molecule has 2 aliphatic heterocycles. The number of nitrogens with one attached hydrogen (secondary N) is 2. The number of carbonyl (C=O) groups is 5. The van der Waals surface area contributed by atoms with E-state index in [0.717, 1.165) is 0 Å². The Morgan fingerprint density at radius 3 is 2.14 bits per heavy atom. The Hall–Kier alpha value is -2.69. The van der Waals surface area contributed by atoms with Crippen molar-refractivity contribution in [3.8, 4) is 0 Å². The molecule has 0 spiro atoms. The van der Waals surface area contributed by atoms with Gasteiger partial charge in [-0.05, 0) is 32.6 Å². The average molecular weight is 396 g/mol. The van der Waals surface area contributed by atoms with Gasteiger partial charge in [0.05, 0.1) is 13.1 Å². The smallest absolute Gasteiger partial charge is 0.243 e. The Morgan fingerprint density at radius 2 is 1.57 bits per heavy atom. The molecule has 3 atom stereocenters. The molecule has 0 saturated carbocycles. The van der Waals surface area contributed by atoms with Crippen molar-refractivity contribution in [1.29, 1.82) is 0 Å². The molecule has 0 aromatic carbocycles. The Bertz CT molecular complexity index is 654. The number of nitrogens with two attached hydrogens (primary N) is 2. The lowest BCUT2D eigenvalue weighted by Crippen LogP contribution is -2.54. The van der Waals surface area contributed by atoms with Crippen LogP contribution in [0.1, 0.15) is 32.6 Å². The van der Waals surface area contributed by atoms with E-state index < -0.39 is 41.8 Å². The monoisotopic (exact) mass is 396 g/mol. The summed E-state index contributed by atoms with van der Waals surface area (Å²) in [6, 6.07) is -2.18. The quantitative estimate of drug-likeness (QED) is 0.358. The van der Waals surface area contributed by atoms with Gasteiger partial charge in [-0.25, -0.2) is 0 Å². The number of hydrogen-bond donors (Lipinski definition) is 4. The summed E-state index contributed by atoms with van der Waals surface area (Å²) in [5, 5.41) is 5.03. The van der Waals surface area contributed by atoms with Gasteiger partial charge in [-0.3, -0.25) is 24.0 Å². The molecule has 2 aliphatic rings. The minimum Gasteiger partial charge on any atom is -0.368 e. The molecule has 156 valence electrons. The average Bonchev–Trinajstić information content (AvgIpc) is 3.34. The van der Waals surface area contributed by atoms with E-state index in [1.165, 1.54) is 16.7 Å². The van der Waals surface area contributed by atoms with Crippen LogP contribution in [0.4, 0.5) is 0 Å². The first-order chi connectivity index (χ1) is 13.3. The fraction of sp³-hybridized carbons (Fsp3) is 0.706. The molecular weight excluding hydrogens is 368 g/mol. The summed E-state index contributed by atoms with van der Waals surface area (Å²) in [6.07, 6.45) is 2.39. The fourth-order valence-electron chi connectivity index (χ4n) is 3.61. The molecule has 2 heterocycles. The van der Waals surface area contributed by atoms with E-state index in [1.54, 1.807) is 0 Å². The molecular formula is C17H28N6O5. The predicted octanol–water partition coefficient (Wildman–Crippen LogP) is -2.97. The third kappa shape index (κ3) is 4.97. The van der Waals surface area contributed by atoms with Crippen LogP contribution in [0.15, 0.2) is 0 Å². The first kappa shape index (κ1) is 21.6. The second-order valence-electron chi connectivity index (χ2n) is 7.04. The second kappa shape index (κ2) is 9.49. The van der Waals surface area contributed by atoms with Gasteiger partial charge in [-0.1, -0.05) is 0 Å². The maximum absolute atomic E-state index is 12.4. The topological polar surface area (TPSA) is 168 Å². The van der Waals surface area contributed by atoms with Crippen LogP contribution in [0.3, 0.4) is 0 Å². The Labute approximate surface area is 163 Å². The molecule has 6 N–H and O–H groups in total. The number of nitrogens with zero attached hydrogens (tertiary/aromatic N) is 2. The fourth-order valence-corrected chi connectivity index (χ4v) is 3.61.